The van der Waals surface area contributed by atoms with Gasteiger partial charge in [0.2, 0.25) is 10.0 Å². The van der Waals surface area contributed by atoms with Gasteiger partial charge in [0.1, 0.15) is 5.83 Å². The average Bonchev–Trinajstić information content (AvgIpc) is 2.99. The minimum absolute atomic E-state index is 0.0386. The molecule has 0 saturated carbocycles. The zero-order chi connectivity index (χ0) is 22.9. The van der Waals surface area contributed by atoms with Gasteiger partial charge in [0, 0.05) is 48.4 Å². The summed E-state index contributed by atoms with van der Waals surface area (Å²) >= 11 is 0. The van der Waals surface area contributed by atoms with Gasteiger partial charge in [-0.3, -0.25) is 0 Å². The lowest BCUT2D eigenvalue weighted by atomic mass is 10.0. The van der Waals surface area contributed by atoms with Gasteiger partial charge in [-0.15, -0.1) is 0 Å². The molecular weight excluding hydrogens is 427 g/mol. The maximum Gasteiger partial charge on any atom is 0.263 e. The number of benzene rings is 2. The lowest BCUT2D eigenvalue weighted by Crippen LogP contribution is -2.22. The quantitative estimate of drug-likeness (QED) is 0.570. The lowest BCUT2D eigenvalue weighted by Gasteiger charge is -2.13. The van der Waals surface area contributed by atoms with Crippen LogP contribution in [0.4, 0.5) is 13.2 Å². The van der Waals surface area contributed by atoms with E-state index >= 15 is 0 Å². The first-order chi connectivity index (χ1) is 14.6. The van der Waals surface area contributed by atoms with Crippen LogP contribution in [0, 0.1) is 6.92 Å². The third-order valence-corrected chi connectivity index (χ3v) is 6.96. The Morgan fingerprint density at radius 1 is 1.19 bits per heavy atom. The number of hydrogen-bond acceptors (Lipinski definition) is 3. The molecule has 3 aromatic rings. The lowest BCUT2D eigenvalue weighted by molar-refractivity contribution is 0.151. The molecule has 0 radical (unpaired) electrons. The molecule has 0 aliphatic heterocycles. The Morgan fingerprint density at radius 2 is 1.90 bits per heavy atom. The molecule has 0 saturated heterocycles. The van der Waals surface area contributed by atoms with Gasteiger partial charge in [-0.05, 0) is 42.8 Å². The molecule has 0 bridgehead atoms. The van der Waals surface area contributed by atoms with E-state index in [0.717, 1.165) is 4.31 Å². The minimum Gasteiger partial charge on any atom is -0.337 e. The summed E-state index contributed by atoms with van der Waals surface area (Å²) in [5.41, 5.74) is 7.54. The maximum absolute atomic E-state index is 14.3. The van der Waals surface area contributed by atoms with E-state index in [1.54, 1.807) is 23.6 Å². The summed E-state index contributed by atoms with van der Waals surface area (Å²) in [4.78, 5) is 0.0783. The largest absolute Gasteiger partial charge is 0.337 e. The summed E-state index contributed by atoms with van der Waals surface area (Å²) in [6.07, 6.45) is -1.42. The molecular formula is C22H24F3N3O2S. The second-order valence-electron chi connectivity index (χ2n) is 7.33. The van der Waals surface area contributed by atoms with Crippen LogP contribution in [0.3, 0.4) is 0 Å². The van der Waals surface area contributed by atoms with E-state index in [-0.39, 0.29) is 23.5 Å². The molecule has 0 fully saturated rings. The first-order valence-corrected chi connectivity index (χ1v) is 11.0. The molecule has 5 nitrogen and oxygen atoms in total. The Labute approximate surface area is 179 Å². The number of rotatable bonds is 7. The Balaban J connectivity index is 2.30. The van der Waals surface area contributed by atoms with Gasteiger partial charge in [0.05, 0.1) is 11.4 Å². The molecule has 2 aromatic carbocycles. The van der Waals surface area contributed by atoms with Crippen molar-refractivity contribution >= 4 is 20.9 Å². The molecule has 0 aliphatic carbocycles. The second kappa shape index (κ2) is 8.86. The van der Waals surface area contributed by atoms with Gasteiger partial charge in [-0.25, -0.2) is 25.9 Å². The monoisotopic (exact) mass is 451 g/mol. The van der Waals surface area contributed by atoms with Crippen LogP contribution in [0.2, 0.25) is 0 Å². The van der Waals surface area contributed by atoms with Crippen molar-refractivity contribution in [3.63, 3.8) is 0 Å². The van der Waals surface area contributed by atoms with Gasteiger partial charge in [-0.1, -0.05) is 18.2 Å². The molecule has 166 valence electrons. The number of fused-ring (bicyclic) bond motifs is 1. The van der Waals surface area contributed by atoms with Crippen molar-refractivity contribution in [1.82, 2.24) is 8.87 Å². The van der Waals surface area contributed by atoms with Crippen molar-refractivity contribution in [2.75, 3.05) is 20.6 Å². The van der Waals surface area contributed by atoms with Crippen molar-refractivity contribution < 1.29 is 21.6 Å². The number of allylic oxidation sites excluding steroid dienone is 1. The number of sulfonamides is 1. The predicted octanol–water partition coefficient (Wildman–Crippen LogP) is 4.62. The molecule has 31 heavy (non-hydrogen) atoms. The van der Waals surface area contributed by atoms with E-state index in [1.807, 2.05) is 0 Å². The highest BCUT2D eigenvalue weighted by Crippen LogP contribution is 2.38. The van der Waals surface area contributed by atoms with Crippen LogP contribution < -0.4 is 5.73 Å². The first kappa shape index (κ1) is 23.1. The third kappa shape index (κ3) is 4.39. The van der Waals surface area contributed by atoms with Crippen molar-refractivity contribution in [2.45, 2.75) is 24.8 Å². The predicted molar refractivity (Wildman–Crippen MR) is 116 cm³/mol. The van der Waals surface area contributed by atoms with Crippen molar-refractivity contribution in [3.05, 3.63) is 65.6 Å². The van der Waals surface area contributed by atoms with Gasteiger partial charge in [0.15, 0.2) is 0 Å². The standard InChI is InChI=1S/C22H24F3N3O2S/c1-14-21(15-5-4-6-18(11-15)31(29,30)27(2)3)19-12-16(22(24)25)7-8-20(19)28(14)13-17(23)9-10-26/h4-9,11-12,22H,10,13,26H2,1-3H3/b17-9-. The summed E-state index contributed by atoms with van der Waals surface area (Å²) in [5, 5.41) is 0.496. The molecule has 2 N–H and O–H groups in total. The summed E-state index contributed by atoms with van der Waals surface area (Å²) in [6.45, 7) is 1.68. The van der Waals surface area contributed by atoms with E-state index in [1.165, 1.54) is 50.5 Å². The van der Waals surface area contributed by atoms with Crippen LogP contribution in [-0.4, -0.2) is 37.9 Å². The number of hydrogen-bond donors (Lipinski definition) is 1. The molecule has 0 aliphatic rings. The van der Waals surface area contributed by atoms with Gasteiger partial charge < -0.3 is 10.3 Å². The van der Waals surface area contributed by atoms with Crippen LogP contribution in [-0.2, 0) is 16.6 Å². The second-order valence-corrected chi connectivity index (χ2v) is 9.48. The summed E-state index contributed by atoms with van der Waals surface area (Å²) in [6, 6.07) is 10.5. The number of aromatic nitrogens is 1. The summed E-state index contributed by atoms with van der Waals surface area (Å²) < 4.78 is 69.0. The molecule has 0 atom stereocenters. The Kier molecular flexibility index (Phi) is 6.59. The van der Waals surface area contributed by atoms with Crippen molar-refractivity contribution in [3.8, 4) is 11.1 Å². The number of nitrogens with two attached hydrogens (primary N) is 1. The highest BCUT2D eigenvalue weighted by molar-refractivity contribution is 7.89. The Bertz CT molecular complexity index is 1250. The topological polar surface area (TPSA) is 68.3 Å². The molecule has 9 heteroatoms. The fourth-order valence-electron chi connectivity index (χ4n) is 3.57. The van der Waals surface area contributed by atoms with Gasteiger partial charge in [-0.2, -0.15) is 0 Å². The van der Waals surface area contributed by atoms with E-state index in [9.17, 15) is 21.6 Å². The van der Waals surface area contributed by atoms with Crippen molar-refractivity contribution in [1.29, 1.82) is 0 Å². The number of nitrogens with zero attached hydrogens (tertiary/aromatic N) is 2. The number of alkyl halides is 2. The smallest absolute Gasteiger partial charge is 0.263 e. The zero-order valence-electron chi connectivity index (χ0n) is 17.4. The van der Waals surface area contributed by atoms with E-state index < -0.39 is 22.3 Å². The molecule has 1 aromatic heterocycles. The van der Waals surface area contributed by atoms with E-state index in [2.05, 4.69) is 0 Å². The fourth-order valence-corrected chi connectivity index (χ4v) is 4.52. The third-order valence-electron chi connectivity index (χ3n) is 5.15. The fraction of sp³-hybridized carbons (Fsp3) is 0.273. The van der Waals surface area contributed by atoms with E-state index in [4.69, 9.17) is 5.73 Å². The SMILES string of the molecule is Cc1c(-c2cccc(S(=O)(=O)N(C)C)c2)c2cc(C(F)F)ccc2n1C/C(F)=C/CN. The average molecular weight is 452 g/mol. The molecule has 0 spiro atoms. The first-order valence-electron chi connectivity index (χ1n) is 9.56. The van der Waals surface area contributed by atoms with Crippen LogP contribution >= 0.6 is 0 Å². The van der Waals surface area contributed by atoms with Crippen LogP contribution in [0.5, 0.6) is 0 Å². The van der Waals surface area contributed by atoms with Crippen LogP contribution in [0.15, 0.2) is 59.3 Å². The molecule has 0 unspecified atom stereocenters. The highest BCUT2D eigenvalue weighted by atomic mass is 32.2. The molecule has 0 amide bonds. The highest BCUT2D eigenvalue weighted by Gasteiger charge is 2.22. The zero-order valence-corrected chi connectivity index (χ0v) is 18.3. The van der Waals surface area contributed by atoms with Crippen molar-refractivity contribution in [2.24, 2.45) is 5.73 Å². The van der Waals surface area contributed by atoms with Crippen LogP contribution in [0.1, 0.15) is 17.7 Å². The Morgan fingerprint density at radius 3 is 2.52 bits per heavy atom. The van der Waals surface area contributed by atoms with E-state index in [0.29, 0.717) is 27.7 Å². The number of halogens is 3. The maximum atomic E-state index is 14.3. The normalized spacial score (nSPS) is 13.0. The van der Waals surface area contributed by atoms with Gasteiger partial charge >= 0.3 is 0 Å². The minimum atomic E-state index is -3.69. The molecule has 1 heterocycles. The van der Waals surface area contributed by atoms with Gasteiger partial charge in [0.25, 0.3) is 6.43 Å². The van der Waals surface area contributed by atoms with Crippen LogP contribution in [0.25, 0.3) is 22.0 Å². The summed E-state index contributed by atoms with van der Waals surface area (Å²) in [5.74, 6) is -0.448. The summed E-state index contributed by atoms with van der Waals surface area (Å²) in [7, 11) is -0.829. The Hall–Kier alpha value is -2.62. The molecule has 3 rings (SSSR count).